The van der Waals surface area contributed by atoms with Gasteiger partial charge in [-0.25, -0.2) is 0 Å². The van der Waals surface area contributed by atoms with E-state index in [4.69, 9.17) is 4.99 Å². The molecular formula is C58H76N2S. The largest absolute Gasteiger partial charge is 0.379 e. The van der Waals surface area contributed by atoms with Crippen molar-refractivity contribution >= 4 is 53.0 Å². The lowest BCUT2D eigenvalue weighted by Crippen LogP contribution is -2.25. The van der Waals surface area contributed by atoms with Crippen molar-refractivity contribution in [1.82, 2.24) is 5.32 Å². The second-order valence-corrected chi connectivity index (χ2v) is 16.8. The molecule has 3 heteroatoms. The highest BCUT2D eigenvalue weighted by Crippen LogP contribution is 2.32. The highest BCUT2D eigenvalue weighted by Gasteiger charge is 2.15. The molecule has 0 heterocycles. The molecule has 4 aromatic rings. The molecule has 0 amide bonds. The van der Waals surface area contributed by atoms with Crippen molar-refractivity contribution in [3.63, 3.8) is 0 Å². The molecule has 2 nitrogen and oxygen atoms in total. The van der Waals surface area contributed by atoms with Crippen LogP contribution in [0.1, 0.15) is 149 Å². The number of unbranched alkanes of at least 4 members (excludes halogenated alkanes) is 4. The summed E-state index contributed by atoms with van der Waals surface area (Å²) in [6.07, 6.45) is 20.3. The Morgan fingerprint density at radius 2 is 1.30 bits per heavy atom. The Morgan fingerprint density at radius 3 is 1.84 bits per heavy atom. The van der Waals surface area contributed by atoms with Crippen LogP contribution in [0.2, 0.25) is 0 Å². The summed E-state index contributed by atoms with van der Waals surface area (Å²) in [5, 5.41) is 3.63. The molecule has 4 rings (SSSR count). The first-order chi connectivity index (χ1) is 29.4. The fourth-order valence-electron chi connectivity index (χ4n) is 7.97. The summed E-state index contributed by atoms with van der Waals surface area (Å²) in [4.78, 5) is 6.05. The molecule has 2 atom stereocenters. The number of aliphatic imine (C=N–C) groups is 1. The first-order valence-electron chi connectivity index (χ1n) is 22.8. The number of nitrogens with zero attached hydrogens (tertiary/aromatic N) is 1. The van der Waals surface area contributed by atoms with E-state index in [-0.39, 0.29) is 6.04 Å². The molecule has 4 aromatic carbocycles. The first kappa shape index (κ1) is 50.5. The van der Waals surface area contributed by atoms with Crippen LogP contribution in [-0.4, -0.2) is 12.3 Å². The lowest BCUT2D eigenvalue weighted by atomic mass is 9.92. The topological polar surface area (TPSA) is 24.4 Å². The van der Waals surface area contributed by atoms with Crippen LogP contribution in [0.5, 0.6) is 0 Å². The van der Waals surface area contributed by atoms with E-state index in [1.54, 1.807) is 0 Å². The fraction of sp³-hybridized carbons (Fsp3) is 0.362. The number of thiol groups is 1. The maximum atomic E-state index is 5.10. The van der Waals surface area contributed by atoms with Gasteiger partial charge in [-0.1, -0.05) is 141 Å². The Bertz CT molecular complexity index is 2130. The summed E-state index contributed by atoms with van der Waals surface area (Å²) >= 11 is 4.42. The van der Waals surface area contributed by atoms with Gasteiger partial charge >= 0.3 is 0 Å². The summed E-state index contributed by atoms with van der Waals surface area (Å²) < 4.78 is 0. The molecule has 61 heavy (non-hydrogen) atoms. The van der Waals surface area contributed by atoms with E-state index in [0.29, 0.717) is 5.92 Å². The zero-order valence-electron chi connectivity index (χ0n) is 39.1. The Kier molecular flexibility index (Phi) is 21.9. The molecule has 0 aliphatic carbocycles. The second kappa shape index (κ2) is 26.5. The van der Waals surface area contributed by atoms with Gasteiger partial charge in [0.15, 0.2) is 0 Å². The van der Waals surface area contributed by atoms with Gasteiger partial charge in [0.25, 0.3) is 0 Å². The summed E-state index contributed by atoms with van der Waals surface area (Å²) in [5.41, 5.74) is 18.3. The second-order valence-electron chi connectivity index (χ2n) is 16.2. The van der Waals surface area contributed by atoms with Gasteiger partial charge in [0.1, 0.15) is 0 Å². The summed E-state index contributed by atoms with van der Waals surface area (Å²) in [6.45, 7) is 38.3. The molecule has 0 aromatic heterocycles. The highest BCUT2D eigenvalue weighted by molar-refractivity contribution is 7.80. The van der Waals surface area contributed by atoms with Crippen molar-refractivity contribution in [2.75, 3.05) is 0 Å². The summed E-state index contributed by atoms with van der Waals surface area (Å²) in [6, 6.07) is 26.3. The lowest BCUT2D eigenvalue weighted by molar-refractivity contribution is 0.611. The number of nitrogens with one attached hydrogen (secondary N) is 1. The summed E-state index contributed by atoms with van der Waals surface area (Å²) in [7, 11) is 0. The van der Waals surface area contributed by atoms with E-state index in [0.717, 1.165) is 82.6 Å². The van der Waals surface area contributed by atoms with E-state index in [1.165, 1.54) is 76.6 Å². The van der Waals surface area contributed by atoms with Gasteiger partial charge < -0.3 is 5.32 Å². The van der Waals surface area contributed by atoms with Gasteiger partial charge in [-0.3, -0.25) is 4.99 Å². The van der Waals surface area contributed by atoms with Gasteiger partial charge in [-0.05, 0) is 170 Å². The van der Waals surface area contributed by atoms with Crippen LogP contribution in [0.15, 0.2) is 128 Å². The van der Waals surface area contributed by atoms with Gasteiger partial charge in [-0.15, -0.1) is 19.2 Å². The summed E-state index contributed by atoms with van der Waals surface area (Å²) in [5.74, 6) is 0.300. The van der Waals surface area contributed by atoms with Crippen LogP contribution in [0.25, 0.3) is 28.5 Å². The predicted molar refractivity (Wildman–Crippen MR) is 279 cm³/mol. The third-order valence-electron chi connectivity index (χ3n) is 11.6. The maximum absolute atomic E-state index is 5.10. The number of aryl methyl sites for hydroxylation is 5. The standard InChI is InChI=1S/C56H70N2S.C2H6/c1-12-44-24-26-49(27-25-44)45(13-2)32-40(8)38-57-56-37-51(46(14-3)35-54(56)39(6)7)23-21-19-17-18-20-22-50-33-42(10)55(36-47(50)15-4)43(11)58-52(16-5)34-41(9)48-28-30-53(59)31-29-48;1-2/h12-13,16,24-31,33,35-38,40,52,58-59H,1,5-6,9,11,14-15,17-23,32,34H2,2-4,7-8,10H3;1-2H3/b45-13+,57-38?;. The van der Waals surface area contributed by atoms with Crippen molar-refractivity contribution in [2.45, 2.75) is 137 Å². The Hall–Kier alpha value is -4.86. The van der Waals surface area contributed by atoms with Gasteiger partial charge in [0.2, 0.25) is 0 Å². The molecule has 0 spiro atoms. The van der Waals surface area contributed by atoms with Crippen molar-refractivity contribution in [2.24, 2.45) is 10.9 Å². The molecule has 0 bridgehead atoms. The first-order valence-corrected chi connectivity index (χ1v) is 23.3. The minimum absolute atomic E-state index is 0.0399. The van der Waals surface area contributed by atoms with Crippen molar-refractivity contribution in [1.29, 1.82) is 0 Å². The zero-order chi connectivity index (χ0) is 44.9. The Morgan fingerprint density at radius 1 is 0.738 bits per heavy atom. The average Bonchev–Trinajstić information content (AvgIpc) is 3.27. The van der Waals surface area contributed by atoms with Crippen molar-refractivity contribution < 1.29 is 0 Å². The van der Waals surface area contributed by atoms with Gasteiger partial charge in [0.05, 0.1) is 5.69 Å². The average molecular weight is 833 g/mol. The van der Waals surface area contributed by atoms with Crippen LogP contribution in [-0.2, 0) is 25.7 Å². The van der Waals surface area contributed by atoms with Crippen LogP contribution in [0.3, 0.4) is 0 Å². The quantitative estimate of drug-likeness (QED) is 0.0313. The van der Waals surface area contributed by atoms with E-state index in [1.807, 2.05) is 38.1 Å². The monoisotopic (exact) mass is 833 g/mol. The number of benzene rings is 4. The van der Waals surface area contributed by atoms with E-state index >= 15 is 0 Å². The SMILES string of the molecule is C=Cc1ccc(/C(=C/C)CC(C)C=Nc2cc(CCCCCCCc3cc(C)c(C(=C)NC(C=C)CC(=C)c4ccc(S)cc4)cc3CC)c(CC)cc2C(=C)C)cc1.CC. The van der Waals surface area contributed by atoms with Gasteiger partial charge in [-0.2, -0.15) is 0 Å². The van der Waals surface area contributed by atoms with Crippen molar-refractivity contribution in [3.05, 3.63) is 173 Å². The van der Waals surface area contributed by atoms with E-state index in [2.05, 4.69) is 165 Å². The molecule has 1 N–H and O–H groups in total. The van der Waals surface area contributed by atoms with E-state index in [9.17, 15) is 0 Å². The molecule has 2 unspecified atom stereocenters. The molecule has 0 saturated carbocycles. The normalized spacial score (nSPS) is 12.3. The van der Waals surface area contributed by atoms with Crippen LogP contribution < -0.4 is 5.32 Å². The maximum Gasteiger partial charge on any atom is 0.0703 e. The molecule has 0 saturated heterocycles. The van der Waals surface area contributed by atoms with Crippen LogP contribution in [0, 0.1) is 12.8 Å². The number of allylic oxidation sites excluding steroid dienone is 3. The fourth-order valence-corrected chi connectivity index (χ4v) is 8.11. The third kappa shape index (κ3) is 15.5. The zero-order valence-corrected chi connectivity index (χ0v) is 40.0. The van der Waals surface area contributed by atoms with E-state index < -0.39 is 0 Å². The molecular weight excluding hydrogens is 757 g/mol. The lowest BCUT2D eigenvalue weighted by Gasteiger charge is -2.22. The highest BCUT2D eigenvalue weighted by atomic mass is 32.1. The minimum atomic E-state index is 0.0399. The van der Waals surface area contributed by atoms with Gasteiger partial charge in [0, 0.05) is 34.0 Å². The predicted octanol–water partition coefficient (Wildman–Crippen LogP) is 16.9. The Balaban J connectivity index is 0.00000489. The smallest absolute Gasteiger partial charge is 0.0703 e. The molecule has 0 fully saturated rings. The molecule has 324 valence electrons. The van der Waals surface area contributed by atoms with Crippen molar-refractivity contribution in [3.8, 4) is 0 Å². The van der Waals surface area contributed by atoms with Crippen LogP contribution >= 0.6 is 12.6 Å². The Labute approximate surface area is 377 Å². The number of hydrogen-bond donors (Lipinski definition) is 2. The molecule has 0 aliphatic rings. The third-order valence-corrected chi connectivity index (χ3v) is 11.9. The molecule has 0 radical (unpaired) electrons. The minimum Gasteiger partial charge on any atom is -0.379 e. The number of rotatable bonds is 24. The molecule has 0 aliphatic heterocycles. The number of hydrogen-bond acceptors (Lipinski definition) is 3. The van der Waals surface area contributed by atoms with Crippen LogP contribution in [0.4, 0.5) is 5.69 Å².